The molecule has 1 atom stereocenters. The van der Waals surface area contributed by atoms with Gasteiger partial charge in [-0.1, -0.05) is 71.4 Å². The smallest absolute Gasteiger partial charge is 0.0447 e. The average molecular weight is 359 g/mol. The lowest BCUT2D eigenvalue weighted by molar-refractivity contribution is 0.0107. The Kier molecular flexibility index (Phi) is 10.8. The topological polar surface area (TPSA) is 16.1 Å². The van der Waals surface area contributed by atoms with E-state index in [2.05, 4.69) is 63.0 Å². The Morgan fingerprint density at radius 2 is 1.69 bits per heavy atom. The molecule has 1 heterocycles. The lowest BCUT2D eigenvalue weighted by Crippen LogP contribution is -2.20. The van der Waals surface area contributed by atoms with Crippen LogP contribution in [0.3, 0.4) is 0 Å². The summed E-state index contributed by atoms with van der Waals surface area (Å²) in [6.45, 7) is 11.8. The van der Waals surface area contributed by atoms with E-state index in [1.165, 1.54) is 11.1 Å². The summed E-state index contributed by atoms with van der Waals surface area (Å²) < 4.78 is 12.7. The maximum absolute atomic E-state index is 12.7. The molecule has 1 unspecified atom stereocenters. The van der Waals surface area contributed by atoms with E-state index >= 15 is 0 Å². The second-order valence-electron chi connectivity index (χ2n) is 7.23. The lowest BCUT2D eigenvalue weighted by Gasteiger charge is -2.14. The van der Waals surface area contributed by atoms with Gasteiger partial charge in [0.15, 0.2) is 0 Å². The average Bonchev–Trinajstić information content (AvgIpc) is 2.63. The number of pyridine rings is 1. The summed E-state index contributed by atoms with van der Waals surface area (Å²) in [6.07, 6.45) is 4.74. The molecule has 0 saturated heterocycles. The highest BCUT2D eigenvalue weighted by Crippen LogP contribution is 2.21. The fourth-order valence-electron chi connectivity index (χ4n) is 2.76. The quantitative estimate of drug-likeness (QED) is 0.506. The van der Waals surface area contributed by atoms with Crippen LogP contribution in [-0.2, 0) is 6.42 Å². The molecule has 0 fully saturated rings. The lowest BCUT2D eigenvalue weighted by atomic mass is 9.94. The van der Waals surface area contributed by atoms with Gasteiger partial charge in [-0.3, -0.25) is 4.98 Å². The van der Waals surface area contributed by atoms with Crippen LogP contribution < -0.4 is 0 Å². The van der Waals surface area contributed by atoms with E-state index in [9.17, 15) is 4.48 Å². The number of benzene rings is 1. The maximum Gasteiger partial charge on any atom is 0.0447 e. The van der Waals surface area contributed by atoms with Crippen molar-refractivity contribution in [2.45, 2.75) is 59.8 Å². The predicted octanol–water partition coefficient (Wildman–Crippen LogP) is 6.42. The first-order valence-electron chi connectivity index (χ1n) is 9.86. The minimum Gasteiger partial charge on any atom is -0.261 e. The Balaban J connectivity index is 0.000000294. The molecule has 2 nitrogen and oxygen atoms in total. The van der Waals surface area contributed by atoms with E-state index in [-0.39, 0.29) is 0 Å². The molecule has 0 aliphatic rings. The van der Waals surface area contributed by atoms with Crippen molar-refractivity contribution in [2.75, 3.05) is 13.1 Å². The fraction of sp³-hybridized carbons (Fsp3) is 0.522. The highest BCUT2D eigenvalue weighted by Gasteiger charge is 2.06. The standard InChI is InChI=1S/C15H17N.C8H18FN/c1-12(2)15-9-4-3-7-13(15)11-14-8-5-6-10-16-14;1-4-6-10(9)7-8(3)5-2/h3-10,12H,11H2,1-2H3;8H,4-7H2,1-3H3. The number of hydrogen-bond donors (Lipinski definition) is 0. The Morgan fingerprint density at radius 3 is 2.27 bits per heavy atom. The van der Waals surface area contributed by atoms with Gasteiger partial charge in [0.1, 0.15) is 0 Å². The van der Waals surface area contributed by atoms with Gasteiger partial charge in [0.25, 0.3) is 0 Å². The molecule has 1 aromatic carbocycles. The molecule has 0 amide bonds. The second kappa shape index (κ2) is 12.6. The van der Waals surface area contributed by atoms with Crippen LogP contribution in [0.25, 0.3) is 0 Å². The van der Waals surface area contributed by atoms with Gasteiger partial charge in [0, 0.05) is 31.4 Å². The van der Waals surface area contributed by atoms with Crippen LogP contribution in [0.1, 0.15) is 70.2 Å². The molecule has 3 heteroatoms. The van der Waals surface area contributed by atoms with Crippen LogP contribution in [0.15, 0.2) is 48.7 Å². The van der Waals surface area contributed by atoms with Crippen LogP contribution in [0.2, 0.25) is 0 Å². The van der Waals surface area contributed by atoms with Crippen LogP contribution in [-0.4, -0.2) is 23.2 Å². The number of nitrogens with zero attached hydrogens (tertiary/aromatic N) is 2. The number of rotatable bonds is 8. The molecule has 0 bridgehead atoms. The molecule has 1 aromatic heterocycles. The van der Waals surface area contributed by atoms with Crippen LogP contribution in [0.4, 0.5) is 4.48 Å². The number of aromatic nitrogens is 1. The minimum absolute atomic E-state index is 0.483. The van der Waals surface area contributed by atoms with Crippen LogP contribution in [0.5, 0.6) is 0 Å². The summed E-state index contributed by atoms with van der Waals surface area (Å²) in [5.74, 6) is 1.05. The predicted molar refractivity (Wildman–Crippen MR) is 110 cm³/mol. The van der Waals surface area contributed by atoms with Crippen molar-refractivity contribution in [3.63, 3.8) is 0 Å². The van der Waals surface area contributed by atoms with Gasteiger partial charge in [-0.25, -0.2) is 0 Å². The van der Waals surface area contributed by atoms with Crippen LogP contribution >= 0.6 is 0 Å². The van der Waals surface area contributed by atoms with Gasteiger partial charge in [-0.15, -0.1) is 9.60 Å². The summed E-state index contributed by atoms with van der Waals surface area (Å²) in [4.78, 5) is 4.37. The number of halogens is 1. The highest BCUT2D eigenvalue weighted by atomic mass is 19.2. The molecule has 26 heavy (non-hydrogen) atoms. The summed E-state index contributed by atoms with van der Waals surface area (Å²) >= 11 is 0. The molecular weight excluding hydrogens is 323 g/mol. The third kappa shape index (κ3) is 8.57. The van der Waals surface area contributed by atoms with Crippen molar-refractivity contribution in [1.29, 1.82) is 0 Å². The summed E-state index contributed by atoms with van der Waals surface area (Å²) in [5.41, 5.74) is 3.94. The monoisotopic (exact) mass is 358 g/mol. The zero-order valence-electron chi connectivity index (χ0n) is 17.1. The van der Waals surface area contributed by atoms with Gasteiger partial charge in [0.05, 0.1) is 0 Å². The van der Waals surface area contributed by atoms with Gasteiger partial charge in [-0.05, 0) is 41.5 Å². The zero-order valence-corrected chi connectivity index (χ0v) is 17.1. The normalized spacial score (nSPS) is 12.0. The van der Waals surface area contributed by atoms with E-state index in [4.69, 9.17) is 0 Å². The summed E-state index contributed by atoms with van der Waals surface area (Å²) in [5, 5.41) is 0.911. The third-order valence-electron chi connectivity index (χ3n) is 4.45. The largest absolute Gasteiger partial charge is 0.261 e. The van der Waals surface area contributed by atoms with Gasteiger partial charge in [0.2, 0.25) is 0 Å². The fourth-order valence-corrected chi connectivity index (χ4v) is 2.76. The van der Waals surface area contributed by atoms with Gasteiger partial charge < -0.3 is 0 Å². The maximum atomic E-state index is 12.7. The van der Waals surface area contributed by atoms with E-state index in [1.54, 1.807) is 0 Å². The molecular formula is C23H35FN2. The van der Waals surface area contributed by atoms with E-state index < -0.39 is 0 Å². The Bertz CT molecular complexity index is 598. The molecule has 0 N–H and O–H groups in total. The molecule has 144 valence electrons. The van der Waals surface area contributed by atoms with Crippen molar-refractivity contribution in [2.24, 2.45) is 5.92 Å². The van der Waals surface area contributed by atoms with E-state index in [0.717, 1.165) is 30.1 Å². The van der Waals surface area contributed by atoms with E-state index in [1.807, 2.05) is 25.3 Å². The number of hydrogen-bond acceptors (Lipinski definition) is 2. The van der Waals surface area contributed by atoms with Crippen LogP contribution in [0, 0.1) is 5.92 Å². The molecule has 0 aliphatic heterocycles. The Hall–Kier alpha value is -1.74. The van der Waals surface area contributed by atoms with Crippen molar-refractivity contribution in [3.8, 4) is 0 Å². The Labute approximate surface area is 159 Å². The highest BCUT2D eigenvalue weighted by molar-refractivity contribution is 5.32. The molecule has 2 rings (SSSR count). The molecule has 2 aromatic rings. The van der Waals surface area contributed by atoms with E-state index in [0.29, 0.717) is 24.9 Å². The van der Waals surface area contributed by atoms with Gasteiger partial charge >= 0.3 is 0 Å². The van der Waals surface area contributed by atoms with Crippen molar-refractivity contribution in [3.05, 3.63) is 65.5 Å². The summed E-state index contributed by atoms with van der Waals surface area (Å²) in [6, 6.07) is 14.7. The first-order chi connectivity index (χ1) is 12.5. The van der Waals surface area contributed by atoms with Crippen molar-refractivity contribution < 1.29 is 4.48 Å². The van der Waals surface area contributed by atoms with Crippen molar-refractivity contribution >= 4 is 0 Å². The third-order valence-corrected chi connectivity index (χ3v) is 4.45. The molecule has 0 spiro atoms. The Morgan fingerprint density at radius 1 is 1.00 bits per heavy atom. The second-order valence-corrected chi connectivity index (χ2v) is 7.23. The van der Waals surface area contributed by atoms with Crippen molar-refractivity contribution in [1.82, 2.24) is 10.1 Å². The minimum atomic E-state index is 0.483. The zero-order chi connectivity index (χ0) is 19.4. The summed E-state index contributed by atoms with van der Waals surface area (Å²) in [7, 11) is 0. The SMILES string of the molecule is CC(C)c1ccccc1Cc1ccccn1.CCCN(F)CC(C)CC. The molecule has 0 radical (unpaired) electrons. The van der Waals surface area contributed by atoms with Gasteiger partial charge in [-0.2, -0.15) is 0 Å². The first kappa shape index (κ1) is 22.3. The first-order valence-corrected chi connectivity index (χ1v) is 9.86. The molecule has 0 saturated carbocycles. The molecule has 0 aliphatic carbocycles.